The standard InChI is InChI=1S/C13H21N3OS/c1-16(2)13(6-4-7-13)9-15-12(17)11(14)10-5-3-8-18-10/h3,5,8,11H,4,6-7,9,14H2,1-2H3,(H,15,17). The van der Waals surface area contributed by atoms with Gasteiger partial charge in [-0.15, -0.1) is 11.3 Å². The molecular weight excluding hydrogens is 246 g/mol. The molecular formula is C13H21N3OS. The normalized spacial score (nSPS) is 19.3. The Kier molecular flexibility index (Phi) is 4.04. The predicted octanol–water partition coefficient (Wildman–Crippen LogP) is 1.35. The van der Waals surface area contributed by atoms with E-state index in [1.165, 1.54) is 17.8 Å². The van der Waals surface area contributed by atoms with E-state index in [0.29, 0.717) is 6.54 Å². The summed E-state index contributed by atoms with van der Waals surface area (Å²) in [7, 11) is 4.15. The molecule has 1 unspecified atom stereocenters. The second-order valence-corrected chi connectivity index (χ2v) is 6.16. The Hall–Kier alpha value is -0.910. The van der Waals surface area contributed by atoms with Gasteiger partial charge >= 0.3 is 0 Å². The van der Waals surface area contributed by atoms with Crippen molar-refractivity contribution in [2.75, 3.05) is 20.6 Å². The molecule has 18 heavy (non-hydrogen) atoms. The molecule has 0 aliphatic heterocycles. The van der Waals surface area contributed by atoms with Gasteiger partial charge in [0.1, 0.15) is 6.04 Å². The number of hydrogen-bond acceptors (Lipinski definition) is 4. The van der Waals surface area contributed by atoms with Crippen LogP contribution in [0.1, 0.15) is 30.2 Å². The van der Waals surface area contributed by atoms with Crippen molar-refractivity contribution < 1.29 is 4.79 Å². The molecule has 1 aromatic heterocycles. The lowest BCUT2D eigenvalue weighted by Crippen LogP contribution is -2.57. The first-order valence-corrected chi connectivity index (χ1v) is 7.17. The first kappa shape index (κ1) is 13.5. The average molecular weight is 267 g/mol. The molecule has 5 heteroatoms. The molecule has 1 saturated carbocycles. The number of hydrogen-bond donors (Lipinski definition) is 2. The number of likely N-dealkylation sites (N-methyl/N-ethyl adjacent to an activating group) is 1. The predicted molar refractivity (Wildman–Crippen MR) is 74.5 cm³/mol. The molecule has 0 radical (unpaired) electrons. The zero-order chi connectivity index (χ0) is 13.2. The van der Waals surface area contributed by atoms with Gasteiger partial charge in [-0.25, -0.2) is 0 Å². The lowest BCUT2D eigenvalue weighted by atomic mass is 9.75. The van der Waals surface area contributed by atoms with Crippen LogP contribution in [0.4, 0.5) is 0 Å². The van der Waals surface area contributed by atoms with Gasteiger partial charge in [-0.3, -0.25) is 4.79 Å². The van der Waals surface area contributed by atoms with Crippen molar-refractivity contribution in [3.8, 4) is 0 Å². The van der Waals surface area contributed by atoms with Crippen LogP contribution in [-0.2, 0) is 4.79 Å². The van der Waals surface area contributed by atoms with Gasteiger partial charge in [-0.05, 0) is 44.8 Å². The maximum absolute atomic E-state index is 12.0. The summed E-state index contributed by atoms with van der Waals surface area (Å²) in [4.78, 5) is 15.1. The van der Waals surface area contributed by atoms with Gasteiger partial charge < -0.3 is 16.0 Å². The molecule has 2 rings (SSSR count). The van der Waals surface area contributed by atoms with Crippen LogP contribution >= 0.6 is 11.3 Å². The van der Waals surface area contributed by atoms with Crippen molar-refractivity contribution in [3.05, 3.63) is 22.4 Å². The molecule has 100 valence electrons. The number of amides is 1. The fourth-order valence-corrected chi connectivity index (χ4v) is 3.05. The molecule has 0 aromatic carbocycles. The third kappa shape index (κ3) is 2.58. The van der Waals surface area contributed by atoms with E-state index in [4.69, 9.17) is 5.73 Å². The molecule has 1 aliphatic rings. The summed E-state index contributed by atoms with van der Waals surface area (Å²) in [6.45, 7) is 0.692. The Balaban J connectivity index is 1.88. The minimum atomic E-state index is -0.538. The van der Waals surface area contributed by atoms with Crippen LogP contribution < -0.4 is 11.1 Å². The van der Waals surface area contributed by atoms with Crippen molar-refractivity contribution in [2.45, 2.75) is 30.8 Å². The first-order valence-electron chi connectivity index (χ1n) is 6.29. The lowest BCUT2D eigenvalue weighted by Gasteiger charge is -2.47. The van der Waals surface area contributed by atoms with Gasteiger partial charge in [-0.1, -0.05) is 6.07 Å². The summed E-state index contributed by atoms with van der Waals surface area (Å²) in [5, 5.41) is 4.94. The van der Waals surface area contributed by atoms with E-state index in [1.807, 2.05) is 17.5 Å². The average Bonchev–Trinajstić information content (AvgIpc) is 2.79. The van der Waals surface area contributed by atoms with E-state index in [-0.39, 0.29) is 11.4 Å². The molecule has 0 saturated heterocycles. The van der Waals surface area contributed by atoms with Crippen molar-refractivity contribution in [3.63, 3.8) is 0 Å². The van der Waals surface area contributed by atoms with Gasteiger partial charge in [0.05, 0.1) is 0 Å². The number of carbonyl (C=O) groups is 1. The second-order valence-electron chi connectivity index (χ2n) is 5.18. The molecule has 1 atom stereocenters. The molecule has 1 fully saturated rings. The Morgan fingerprint density at radius 2 is 2.33 bits per heavy atom. The maximum Gasteiger partial charge on any atom is 0.242 e. The highest BCUT2D eigenvalue weighted by Gasteiger charge is 2.39. The monoisotopic (exact) mass is 267 g/mol. The van der Waals surface area contributed by atoms with E-state index in [0.717, 1.165) is 17.7 Å². The fourth-order valence-electron chi connectivity index (χ4n) is 2.33. The van der Waals surface area contributed by atoms with Gasteiger partial charge in [0.25, 0.3) is 0 Å². The summed E-state index contributed by atoms with van der Waals surface area (Å²) < 4.78 is 0. The number of carbonyl (C=O) groups excluding carboxylic acids is 1. The highest BCUT2D eigenvalue weighted by atomic mass is 32.1. The van der Waals surface area contributed by atoms with Gasteiger partial charge in [0.2, 0.25) is 5.91 Å². The molecule has 0 bridgehead atoms. The van der Waals surface area contributed by atoms with Crippen molar-refractivity contribution >= 4 is 17.2 Å². The van der Waals surface area contributed by atoms with E-state index in [2.05, 4.69) is 24.3 Å². The molecule has 1 amide bonds. The van der Waals surface area contributed by atoms with Crippen LogP contribution in [0, 0.1) is 0 Å². The Labute approximate surface area is 112 Å². The third-order valence-electron chi connectivity index (χ3n) is 3.96. The van der Waals surface area contributed by atoms with Crippen LogP contribution in [0.5, 0.6) is 0 Å². The van der Waals surface area contributed by atoms with Crippen molar-refractivity contribution in [1.29, 1.82) is 0 Å². The summed E-state index contributed by atoms with van der Waals surface area (Å²) in [5.74, 6) is -0.0782. The van der Waals surface area contributed by atoms with Crippen LogP contribution in [0.2, 0.25) is 0 Å². The molecule has 1 aromatic rings. The largest absolute Gasteiger partial charge is 0.353 e. The Morgan fingerprint density at radius 1 is 1.61 bits per heavy atom. The van der Waals surface area contributed by atoms with Crippen LogP contribution in [-0.4, -0.2) is 37.0 Å². The fraction of sp³-hybridized carbons (Fsp3) is 0.615. The third-order valence-corrected chi connectivity index (χ3v) is 4.91. The summed E-state index contributed by atoms with van der Waals surface area (Å²) in [6, 6.07) is 3.28. The second kappa shape index (κ2) is 5.38. The quantitative estimate of drug-likeness (QED) is 0.846. The summed E-state index contributed by atoms with van der Waals surface area (Å²) >= 11 is 1.52. The van der Waals surface area contributed by atoms with E-state index in [9.17, 15) is 4.79 Å². The molecule has 1 aliphatic carbocycles. The van der Waals surface area contributed by atoms with E-state index >= 15 is 0 Å². The van der Waals surface area contributed by atoms with Gasteiger partial charge in [0, 0.05) is 17.0 Å². The summed E-state index contributed by atoms with van der Waals surface area (Å²) in [6.07, 6.45) is 3.54. The highest BCUT2D eigenvalue weighted by Crippen LogP contribution is 2.35. The summed E-state index contributed by atoms with van der Waals surface area (Å²) in [5.41, 5.74) is 6.08. The Bertz CT molecular complexity index is 398. The zero-order valence-electron chi connectivity index (χ0n) is 11.0. The lowest BCUT2D eigenvalue weighted by molar-refractivity contribution is -0.123. The van der Waals surface area contributed by atoms with Crippen LogP contribution in [0.25, 0.3) is 0 Å². The number of nitrogens with zero attached hydrogens (tertiary/aromatic N) is 1. The van der Waals surface area contributed by atoms with E-state index in [1.54, 1.807) is 0 Å². The SMILES string of the molecule is CN(C)C1(CNC(=O)C(N)c2cccs2)CCC1. The van der Waals surface area contributed by atoms with Crippen molar-refractivity contribution in [1.82, 2.24) is 10.2 Å². The molecule has 1 heterocycles. The molecule has 0 spiro atoms. The topological polar surface area (TPSA) is 58.4 Å². The van der Waals surface area contributed by atoms with Crippen LogP contribution in [0.15, 0.2) is 17.5 Å². The maximum atomic E-state index is 12.0. The van der Waals surface area contributed by atoms with Crippen molar-refractivity contribution in [2.24, 2.45) is 5.73 Å². The number of nitrogens with two attached hydrogens (primary N) is 1. The number of rotatable bonds is 5. The van der Waals surface area contributed by atoms with E-state index < -0.39 is 6.04 Å². The smallest absolute Gasteiger partial charge is 0.242 e. The first-order chi connectivity index (χ1) is 8.55. The molecule has 4 nitrogen and oxygen atoms in total. The van der Waals surface area contributed by atoms with Gasteiger partial charge in [-0.2, -0.15) is 0 Å². The number of thiophene rings is 1. The number of nitrogens with one attached hydrogen (secondary N) is 1. The zero-order valence-corrected chi connectivity index (χ0v) is 11.8. The minimum Gasteiger partial charge on any atom is -0.353 e. The van der Waals surface area contributed by atoms with Crippen LogP contribution in [0.3, 0.4) is 0 Å². The molecule has 3 N–H and O–H groups in total. The highest BCUT2D eigenvalue weighted by molar-refractivity contribution is 7.10. The Morgan fingerprint density at radius 3 is 2.78 bits per heavy atom. The van der Waals surface area contributed by atoms with Gasteiger partial charge in [0.15, 0.2) is 0 Å². The minimum absolute atomic E-state index is 0.0782.